The number of carbonyl (C=O) groups is 2. The Hall–Kier alpha value is -4.16. The highest BCUT2D eigenvalue weighted by Gasteiger charge is 2.37. The predicted molar refractivity (Wildman–Crippen MR) is 195 cm³/mol. The Morgan fingerprint density at radius 3 is 1.18 bits per heavy atom. The van der Waals surface area contributed by atoms with Crippen molar-refractivity contribution in [2.24, 2.45) is 0 Å². The summed E-state index contributed by atoms with van der Waals surface area (Å²) in [6.07, 6.45) is 4.52. The number of thioether (sulfide) groups is 2. The molecule has 2 aliphatic heterocycles. The molecular formula is C38H38F4N4O2S2. The number of halogens is 4. The quantitative estimate of drug-likeness (QED) is 0.106. The fraction of sp³-hybridized carbons (Fsp3) is 0.316. The lowest BCUT2D eigenvalue weighted by atomic mass is 9.79. The fourth-order valence-electron chi connectivity index (χ4n) is 6.38. The number of hydrogen-bond acceptors (Lipinski definition) is 6. The molecule has 2 fully saturated rings. The minimum atomic E-state index is -2.57. The number of nitrogens with one attached hydrogen (secondary N) is 2. The first-order valence-electron chi connectivity index (χ1n) is 16.6. The van der Waals surface area contributed by atoms with Gasteiger partial charge in [0.2, 0.25) is 11.8 Å². The number of carbonyl (C=O) groups excluding carboxylic acids is 2. The summed E-state index contributed by atoms with van der Waals surface area (Å²) in [5.41, 5.74) is 4.14. The van der Waals surface area contributed by atoms with E-state index in [4.69, 9.17) is 0 Å². The Morgan fingerprint density at radius 1 is 0.500 bits per heavy atom. The molecule has 2 heterocycles. The summed E-state index contributed by atoms with van der Waals surface area (Å²) in [5, 5.41) is 5.86. The number of anilines is 4. The summed E-state index contributed by atoms with van der Waals surface area (Å²) in [5.74, 6) is -8.02. The van der Waals surface area contributed by atoms with Crippen LogP contribution in [-0.2, 0) is 9.59 Å². The van der Waals surface area contributed by atoms with Crippen LogP contribution in [0.3, 0.4) is 0 Å². The van der Waals surface area contributed by atoms with Crippen LogP contribution in [0, 0.1) is 0 Å². The SMILES string of the molecule is O=C(Nc1ccc(SC(F)F)cc1)C(c1ccc(N2CCCCC2)cc1)C(C(=O)Nc1ccc(SC(F)F)cc1)c1ccc(N2CCC2)cc1. The lowest BCUT2D eigenvalue weighted by molar-refractivity contribution is -0.124. The lowest BCUT2D eigenvalue weighted by Crippen LogP contribution is -2.37. The number of alkyl halides is 4. The molecule has 0 spiro atoms. The van der Waals surface area contributed by atoms with Crippen LogP contribution < -0.4 is 20.4 Å². The molecule has 2 unspecified atom stereocenters. The van der Waals surface area contributed by atoms with Gasteiger partial charge in [-0.25, -0.2) is 0 Å². The highest BCUT2D eigenvalue weighted by molar-refractivity contribution is 7.99. The Balaban J connectivity index is 1.36. The Kier molecular flexibility index (Phi) is 11.9. The van der Waals surface area contributed by atoms with E-state index in [1.54, 1.807) is 24.3 Å². The lowest BCUT2D eigenvalue weighted by Gasteiger charge is -2.33. The van der Waals surface area contributed by atoms with Crippen LogP contribution in [0.25, 0.3) is 0 Å². The van der Waals surface area contributed by atoms with Crippen LogP contribution in [0.1, 0.15) is 48.6 Å². The molecule has 2 atom stereocenters. The third-order valence-corrected chi connectivity index (χ3v) is 10.5. The molecule has 4 aromatic carbocycles. The molecule has 262 valence electrons. The van der Waals surface area contributed by atoms with E-state index >= 15 is 0 Å². The van der Waals surface area contributed by atoms with Crippen LogP contribution in [0.5, 0.6) is 0 Å². The van der Waals surface area contributed by atoms with E-state index < -0.39 is 35.2 Å². The van der Waals surface area contributed by atoms with Gasteiger partial charge < -0.3 is 20.4 Å². The van der Waals surface area contributed by atoms with Crippen LogP contribution in [0.15, 0.2) is 107 Å². The summed E-state index contributed by atoms with van der Waals surface area (Å²) in [6.45, 7) is 3.80. The van der Waals surface area contributed by atoms with Gasteiger partial charge in [-0.3, -0.25) is 9.59 Å². The van der Waals surface area contributed by atoms with Crippen molar-refractivity contribution in [2.45, 2.75) is 58.8 Å². The van der Waals surface area contributed by atoms with Gasteiger partial charge in [-0.05, 0) is 110 Å². The summed E-state index contributed by atoms with van der Waals surface area (Å²) in [6, 6.07) is 27.7. The monoisotopic (exact) mass is 722 g/mol. The highest BCUT2D eigenvalue weighted by Crippen LogP contribution is 2.38. The molecule has 12 heteroatoms. The average Bonchev–Trinajstić information content (AvgIpc) is 3.08. The van der Waals surface area contributed by atoms with Gasteiger partial charge >= 0.3 is 0 Å². The Bertz CT molecular complexity index is 1720. The first-order chi connectivity index (χ1) is 24.2. The van der Waals surface area contributed by atoms with E-state index in [-0.39, 0.29) is 0 Å². The topological polar surface area (TPSA) is 64.7 Å². The first-order valence-corrected chi connectivity index (χ1v) is 18.4. The van der Waals surface area contributed by atoms with Gasteiger partial charge in [0.25, 0.3) is 11.5 Å². The Morgan fingerprint density at radius 2 is 0.860 bits per heavy atom. The number of nitrogens with zero attached hydrogens (tertiary/aromatic N) is 2. The van der Waals surface area contributed by atoms with Gasteiger partial charge in [0.05, 0.1) is 11.8 Å². The van der Waals surface area contributed by atoms with Gasteiger partial charge in [-0.2, -0.15) is 17.6 Å². The van der Waals surface area contributed by atoms with Gasteiger partial charge in [0.1, 0.15) is 0 Å². The maximum absolute atomic E-state index is 14.4. The van der Waals surface area contributed by atoms with Crippen molar-refractivity contribution in [1.82, 2.24) is 0 Å². The number of benzene rings is 4. The second-order valence-corrected chi connectivity index (χ2v) is 14.4. The van der Waals surface area contributed by atoms with Crippen LogP contribution in [0.4, 0.5) is 40.3 Å². The highest BCUT2D eigenvalue weighted by atomic mass is 32.2. The molecular weight excluding hydrogens is 685 g/mol. The molecule has 6 rings (SSSR count). The van der Waals surface area contributed by atoms with E-state index in [0.717, 1.165) is 56.8 Å². The summed E-state index contributed by atoms with van der Waals surface area (Å²) in [7, 11) is 0. The van der Waals surface area contributed by atoms with E-state index in [2.05, 4.69) is 20.4 Å². The molecule has 0 bridgehead atoms. The number of hydrogen-bond donors (Lipinski definition) is 2. The summed E-state index contributed by atoms with van der Waals surface area (Å²) >= 11 is 0.833. The van der Waals surface area contributed by atoms with Crippen molar-refractivity contribution >= 4 is 58.1 Å². The van der Waals surface area contributed by atoms with Crippen LogP contribution >= 0.6 is 23.5 Å². The third-order valence-electron chi connectivity index (χ3n) is 9.04. The first kappa shape index (κ1) is 35.7. The normalized spacial score (nSPS) is 15.8. The fourth-order valence-corrected chi connectivity index (χ4v) is 7.38. The predicted octanol–water partition coefficient (Wildman–Crippen LogP) is 9.66. The molecule has 2 aliphatic rings. The van der Waals surface area contributed by atoms with Crippen molar-refractivity contribution in [1.29, 1.82) is 0 Å². The van der Waals surface area contributed by atoms with Gasteiger partial charge in [-0.15, -0.1) is 0 Å². The van der Waals surface area contributed by atoms with Crippen molar-refractivity contribution in [2.75, 3.05) is 46.6 Å². The third kappa shape index (κ3) is 9.14. The zero-order valence-electron chi connectivity index (χ0n) is 27.2. The van der Waals surface area contributed by atoms with Crippen molar-refractivity contribution in [3.63, 3.8) is 0 Å². The maximum Gasteiger partial charge on any atom is 0.288 e. The van der Waals surface area contributed by atoms with E-state index in [1.807, 2.05) is 48.5 Å². The second-order valence-electron chi connectivity index (χ2n) is 12.3. The standard InChI is InChI=1S/C38H38F4N4O2S2/c39-37(40)49-31-17-9-27(10-18-31)43-35(47)33(25-5-13-29(14-6-25)45-21-2-1-3-22-45)34(26-7-15-30(16-8-26)46-23-4-24-46)36(48)44-28-11-19-32(20-12-28)50-38(41)42/h5-20,33-34,37-38H,1-4,21-24H2,(H,43,47)(H,44,48). The number of amides is 2. The van der Waals surface area contributed by atoms with Crippen molar-refractivity contribution in [3.8, 4) is 0 Å². The molecule has 0 aromatic heterocycles. The van der Waals surface area contributed by atoms with Crippen molar-refractivity contribution < 1.29 is 27.2 Å². The van der Waals surface area contributed by atoms with Gasteiger partial charge in [0, 0.05) is 58.7 Å². The average molecular weight is 723 g/mol. The molecule has 50 heavy (non-hydrogen) atoms. The molecule has 6 nitrogen and oxygen atoms in total. The molecule has 2 saturated heterocycles. The summed E-state index contributed by atoms with van der Waals surface area (Å²) in [4.78, 5) is 34.1. The van der Waals surface area contributed by atoms with Crippen LogP contribution in [0.2, 0.25) is 0 Å². The number of piperidine rings is 1. The van der Waals surface area contributed by atoms with Gasteiger partial charge in [-0.1, -0.05) is 47.8 Å². The van der Waals surface area contributed by atoms with Crippen molar-refractivity contribution in [3.05, 3.63) is 108 Å². The molecule has 2 amide bonds. The number of rotatable bonds is 13. The minimum absolute atomic E-state index is 0.361. The zero-order valence-corrected chi connectivity index (χ0v) is 28.9. The Labute approximate surface area is 298 Å². The molecule has 2 N–H and O–H groups in total. The van der Waals surface area contributed by atoms with Gasteiger partial charge in [0.15, 0.2) is 0 Å². The van der Waals surface area contributed by atoms with E-state index in [1.165, 1.54) is 30.7 Å². The van der Waals surface area contributed by atoms with E-state index in [9.17, 15) is 27.2 Å². The molecule has 0 aliphatic carbocycles. The maximum atomic E-state index is 14.4. The smallest absolute Gasteiger partial charge is 0.288 e. The van der Waals surface area contributed by atoms with E-state index in [0.29, 0.717) is 55.8 Å². The summed E-state index contributed by atoms with van der Waals surface area (Å²) < 4.78 is 51.7. The zero-order chi connectivity index (χ0) is 35.0. The molecule has 4 aromatic rings. The van der Waals surface area contributed by atoms with Crippen LogP contribution in [-0.4, -0.2) is 49.5 Å². The largest absolute Gasteiger partial charge is 0.372 e. The molecule has 0 saturated carbocycles. The molecule has 0 radical (unpaired) electrons. The minimum Gasteiger partial charge on any atom is -0.372 e. The second kappa shape index (κ2) is 16.7.